The molecule has 1 aromatic rings. The van der Waals surface area contributed by atoms with Crippen LogP contribution in [0.25, 0.3) is 0 Å². The Morgan fingerprint density at radius 1 is 1.21 bits per heavy atom. The molecule has 0 aliphatic rings. The van der Waals surface area contributed by atoms with Crippen LogP contribution in [0.4, 0.5) is 0 Å². The van der Waals surface area contributed by atoms with Gasteiger partial charge in [-0.1, -0.05) is 38.0 Å². The van der Waals surface area contributed by atoms with Crippen molar-refractivity contribution in [1.29, 1.82) is 0 Å². The summed E-state index contributed by atoms with van der Waals surface area (Å²) < 4.78 is 5.37. The summed E-state index contributed by atoms with van der Waals surface area (Å²) in [4.78, 5) is 0. The van der Waals surface area contributed by atoms with E-state index in [4.69, 9.17) is 4.74 Å². The van der Waals surface area contributed by atoms with Crippen molar-refractivity contribution < 1.29 is 14.9 Å². The van der Waals surface area contributed by atoms with Crippen molar-refractivity contribution >= 4 is 0 Å². The minimum absolute atomic E-state index is 0.149. The summed E-state index contributed by atoms with van der Waals surface area (Å²) in [5, 5.41) is 19.8. The van der Waals surface area contributed by atoms with Crippen LogP contribution in [0.5, 0.6) is 5.75 Å². The fraction of sp³-hybridized carbons (Fsp3) is 0.625. The van der Waals surface area contributed by atoms with Crippen LogP contribution in [-0.2, 0) is 0 Å². The van der Waals surface area contributed by atoms with Crippen molar-refractivity contribution in [3.8, 4) is 5.75 Å². The molecule has 2 N–H and O–H groups in total. The third-order valence-electron chi connectivity index (χ3n) is 3.54. The van der Waals surface area contributed by atoms with Gasteiger partial charge in [0.05, 0.1) is 19.3 Å². The molecule has 19 heavy (non-hydrogen) atoms. The molecule has 1 aromatic carbocycles. The summed E-state index contributed by atoms with van der Waals surface area (Å²) in [6.07, 6.45) is 0.739. The normalized spacial score (nSPS) is 15.9. The number of rotatable bonds is 7. The van der Waals surface area contributed by atoms with E-state index >= 15 is 0 Å². The molecule has 0 bridgehead atoms. The van der Waals surface area contributed by atoms with Crippen molar-refractivity contribution in [3.63, 3.8) is 0 Å². The van der Waals surface area contributed by atoms with Gasteiger partial charge in [-0.15, -0.1) is 0 Å². The standard InChI is InChI=1S/C16H26O3/c1-5-6-14(17)15(18)10-12(3)13-9-11(2)7-8-16(13)19-4/h7-9,12,14-15,17-18H,5-6,10H2,1-4H3. The summed E-state index contributed by atoms with van der Waals surface area (Å²) in [5.41, 5.74) is 2.26. The highest BCUT2D eigenvalue weighted by Crippen LogP contribution is 2.31. The van der Waals surface area contributed by atoms with Gasteiger partial charge in [0.25, 0.3) is 0 Å². The van der Waals surface area contributed by atoms with Crippen molar-refractivity contribution in [2.24, 2.45) is 0 Å². The predicted octanol–water partition coefficient (Wildman–Crippen LogP) is 3.02. The van der Waals surface area contributed by atoms with Crippen LogP contribution < -0.4 is 4.74 Å². The second-order valence-corrected chi connectivity index (χ2v) is 5.31. The first-order valence-electron chi connectivity index (χ1n) is 7.00. The van der Waals surface area contributed by atoms with E-state index in [0.717, 1.165) is 17.7 Å². The van der Waals surface area contributed by atoms with Gasteiger partial charge < -0.3 is 14.9 Å². The van der Waals surface area contributed by atoms with Gasteiger partial charge in [0.2, 0.25) is 0 Å². The number of aliphatic hydroxyl groups is 2. The van der Waals surface area contributed by atoms with Gasteiger partial charge in [-0.05, 0) is 37.3 Å². The molecule has 0 saturated carbocycles. The maximum absolute atomic E-state index is 10.0. The first-order chi connectivity index (χ1) is 8.99. The zero-order chi connectivity index (χ0) is 14.4. The van der Waals surface area contributed by atoms with E-state index < -0.39 is 12.2 Å². The molecule has 0 amide bonds. The number of aliphatic hydroxyl groups excluding tert-OH is 2. The van der Waals surface area contributed by atoms with Gasteiger partial charge >= 0.3 is 0 Å². The Morgan fingerprint density at radius 3 is 2.47 bits per heavy atom. The predicted molar refractivity (Wildman–Crippen MR) is 77.7 cm³/mol. The third kappa shape index (κ3) is 4.51. The summed E-state index contributed by atoms with van der Waals surface area (Å²) in [6, 6.07) is 6.05. The fourth-order valence-electron chi connectivity index (χ4n) is 2.37. The second kappa shape index (κ2) is 7.51. The molecule has 0 radical (unpaired) electrons. The zero-order valence-electron chi connectivity index (χ0n) is 12.4. The Balaban J connectivity index is 2.77. The maximum atomic E-state index is 10.0. The first kappa shape index (κ1) is 16.0. The smallest absolute Gasteiger partial charge is 0.122 e. The number of aryl methyl sites for hydroxylation is 1. The van der Waals surface area contributed by atoms with Crippen LogP contribution in [0.15, 0.2) is 18.2 Å². The molecule has 1 rings (SSSR count). The number of hydrogen-bond donors (Lipinski definition) is 2. The molecule has 108 valence electrons. The van der Waals surface area contributed by atoms with Gasteiger partial charge in [-0.25, -0.2) is 0 Å². The third-order valence-corrected chi connectivity index (χ3v) is 3.54. The fourth-order valence-corrected chi connectivity index (χ4v) is 2.37. The van der Waals surface area contributed by atoms with E-state index in [-0.39, 0.29) is 5.92 Å². The second-order valence-electron chi connectivity index (χ2n) is 5.31. The van der Waals surface area contributed by atoms with E-state index in [2.05, 4.69) is 13.0 Å². The molecule has 0 aliphatic heterocycles. The molecule has 3 nitrogen and oxygen atoms in total. The lowest BCUT2D eigenvalue weighted by Crippen LogP contribution is -2.27. The van der Waals surface area contributed by atoms with Crippen LogP contribution in [-0.4, -0.2) is 29.5 Å². The molecule has 0 saturated heterocycles. The molecule has 3 atom stereocenters. The maximum Gasteiger partial charge on any atom is 0.122 e. The molecular formula is C16H26O3. The molecule has 3 heteroatoms. The summed E-state index contributed by atoms with van der Waals surface area (Å²) >= 11 is 0. The number of benzene rings is 1. The highest BCUT2D eigenvalue weighted by molar-refractivity contribution is 5.39. The lowest BCUT2D eigenvalue weighted by molar-refractivity contribution is 0.00628. The van der Waals surface area contributed by atoms with Crippen LogP contribution in [0, 0.1) is 6.92 Å². The quantitative estimate of drug-likeness (QED) is 0.797. The van der Waals surface area contributed by atoms with Crippen molar-refractivity contribution in [1.82, 2.24) is 0 Å². The van der Waals surface area contributed by atoms with Gasteiger partial charge in [-0.3, -0.25) is 0 Å². The summed E-state index contributed by atoms with van der Waals surface area (Å²) in [7, 11) is 1.66. The Hall–Kier alpha value is -1.06. The summed E-state index contributed by atoms with van der Waals surface area (Å²) in [6.45, 7) is 6.10. The number of hydrogen-bond acceptors (Lipinski definition) is 3. The lowest BCUT2D eigenvalue weighted by Gasteiger charge is -2.22. The molecular weight excluding hydrogens is 240 g/mol. The first-order valence-corrected chi connectivity index (χ1v) is 7.00. The highest BCUT2D eigenvalue weighted by atomic mass is 16.5. The van der Waals surface area contributed by atoms with Gasteiger partial charge in [0, 0.05) is 0 Å². The number of methoxy groups -OCH3 is 1. The highest BCUT2D eigenvalue weighted by Gasteiger charge is 2.21. The van der Waals surface area contributed by atoms with Gasteiger partial charge in [-0.2, -0.15) is 0 Å². The SMILES string of the molecule is CCCC(O)C(O)CC(C)c1cc(C)ccc1OC. The van der Waals surface area contributed by atoms with E-state index in [1.165, 1.54) is 5.56 Å². The minimum atomic E-state index is -0.680. The largest absolute Gasteiger partial charge is 0.496 e. The Morgan fingerprint density at radius 2 is 1.89 bits per heavy atom. The monoisotopic (exact) mass is 266 g/mol. The molecule has 0 aromatic heterocycles. The molecule has 3 unspecified atom stereocenters. The van der Waals surface area contributed by atoms with Crippen molar-refractivity contribution in [2.45, 2.75) is 58.2 Å². The number of ether oxygens (including phenoxy) is 1. The van der Waals surface area contributed by atoms with Crippen LogP contribution in [0.2, 0.25) is 0 Å². The lowest BCUT2D eigenvalue weighted by atomic mass is 9.90. The van der Waals surface area contributed by atoms with E-state index in [9.17, 15) is 10.2 Å². The van der Waals surface area contributed by atoms with Crippen LogP contribution in [0.3, 0.4) is 0 Å². The van der Waals surface area contributed by atoms with Gasteiger partial charge in [0.1, 0.15) is 5.75 Å². The molecule has 0 spiro atoms. The average Bonchev–Trinajstić information content (AvgIpc) is 2.38. The topological polar surface area (TPSA) is 49.7 Å². The molecule has 0 aliphatic carbocycles. The average molecular weight is 266 g/mol. The van der Waals surface area contributed by atoms with Crippen molar-refractivity contribution in [3.05, 3.63) is 29.3 Å². The molecule has 0 heterocycles. The van der Waals surface area contributed by atoms with Crippen LogP contribution >= 0.6 is 0 Å². The zero-order valence-corrected chi connectivity index (χ0v) is 12.4. The van der Waals surface area contributed by atoms with E-state index in [1.54, 1.807) is 7.11 Å². The van der Waals surface area contributed by atoms with E-state index in [0.29, 0.717) is 12.8 Å². The van der Waals surface area contributed by atoms with Crippen LogP contribution in [0.1, 0.15) is 50.2 Å². The van der Waals surface area contributed by atoms with E-state index in [1.807, 2.05) is 26.0 Å². The minimum Gasteiger partial charge on any atom is -0.496 e. The van der Waals surface area contributed by atoms with Crippen molar-refractivity contribution in [2.75, 3.05) is 7.11 Å². The Kier molecular flexibility index (Phi) is 6.32. The molecule has 0 fully saturated rings. The Labute approximate surface area is 116 Å². The Bertz CT molecular complexity index is 390. The summed E-state index contributed by atoms with van der Waals surface area (Å²) in [5.74, 6) is 0.992. The van der Waals surface area contributed by atoms with Gasteiger partial charge in [0.15, 0.2) is 0 Å².